The monoisotopic (exact) mass is 388 g/mol. The van der Waals surface area contributed by atoms with Crippen LogP contribution in [0.3, 0.4) is 0 Å². The Morgan fingerprint density at radius 3 is 2.36 bits per heavy atom. The summed E-state index contributed by atoms with van der Waals surface area (Å²) in [6, 6.07) is 9.05. The van der Waals surface area contributed by atoms with Gasteiger partial charge in [0.2, 0.25) is 0 Å². The highest BCUT2D eigenvalue weighted by Gasteiger charge is 2.27. The van der Waals surface area contributed by atoms with Crippen molar-refractivity contribution < 1.29 is 19.0 Å². The Balaban J connectivity index is 1.66. The number of carbonyl (C=O) groups is 1. The Bertz CT molecular complexity index is 928. The number of piperidine rings is 1. The lowest BCUT2D eigenvalue weighted by Gasteiger charge is -2.33. The van der Waals surface area contributed by atoms with Gasteiger partial charge >= 0.3 is 0 Å². The number of hydrogen-bond donors (Lipinski definition) is 1. The molecule has 1 fully saturated rings. The molecule has 9 nitrogen and oxygen atoms in total. The van der Waals surface area contributed by atoms with Crippen molar-refractivity contribution in [2.24, 2.45) is 0 Å². The molecule has 0 saturated carbocycles. The SMILES string of the molecule is O=C(c1ccccc1F)N1CCC(Nc2ccc([N+](=O)[O-])cc2[N+](=O)[O-])CC1. The summed E-state index contributed by atoms with van der Waals surface area (Å²) in [6.45, 7) is 0.733. The third-order valence-corrected chi connectivity index (χ3v) is 4.63. The van der Waals surface area contributed by atoms with E-state index in [1.54, 1.807) is 11.0 Å². The summed E-state index contributed by atoms with van der Waals surface area (Å²) < 4.78 is 13.8. The highest BCUT2D eigenvalue weighted by atomic mass is 19.1. The fraction of sp³-hybridized carbons (Fsp3) is 0.278. The molecule has 1 aliphatic rings. The van der Waals surface area contributed by atoms with Gasteiger partial charge in [-0.2, -0.15) is 0 Å². The van der Waals surface area contributed by atoms with Crippen molar-refractivity contribution in [2.45, 2.75) is 18.9 Å². The van der Waals surface area contributed by atoms with Crippen LogP contribution in [0.5, 0.6) is 0 Å². The lowest BCUT2D eigenvalue weighted by Crippen LogP contribution is -2.42. The van der Waals surface area contributed by atoms with Crippen LogP contribution in [0.1, 0.15) is 23.2 Å². The van der Waals surface area contributed by atoms with E-state index in [-0.39, 0.29) is 28.7 Å². The lowest BCUT2D eigenvalue weighted by atomic mass is 10.0. The van der Waals surface area contributed by atoms with Gasteiger partial charge in [-0.1, -0.05) is 12.1 Å². The minimum Gasteiger partial charge on any atom is -0.377 e. The summed E-state index contributed by atoms with van der Waals surface area (Å²) >= 11 is 0. The second-order valence-corrected chi connectivity index (χ2v) is 6.41. The van der Waals surface area contributed by atoms with E-state index in [9.17, 15) is 29.4 Å². The molecule has 0 aliphatic carbocycles. The number of nitro benzene ring substituents is 2. The normalized spacial score (nSPS) is 14.5. The van der Waals surface area contributed by atoms with Crippen LogP contribution in [0.25, 0.3) is 0 Å². The quantitative estimate of drug-likeness (QED) is 0.620. The number of nitrogens with one attached hydrogen (secondary N) is 1. The predicted molar refractivity (Wildman–Crippen MR) is 98.7 cm³/mol. The summed E-state index contributed by atoms with van der Waals surface area (Å²) in [5.74, 6) is -0.966. The Morgan fingerprint density at radius 2 is 1.75 bits per heavy atom. The highest BCUT2D eigenvalue weighted by Crippen LogP contribution is 2.30. The van der Waals surface area contributed by atoms with Crippen LogP contribution in [-0.2, 0) is 0 Å². The van der Waals surface area contributed by atoms with E-state index in [1.165, 1.54) is 30.3 Å². The average Bonchev–Trinajstić information content (AvgIpc) is 2.68. The van der Waals surface area contributed by atoms with Crippen molar-refractivity contribution in [1.82, 2.24) is 4.90 Å². The average molecular weight is 388 g/mol. The van der Waals surface area contributed by atoms with Crippen LogP contribution in [0.4, 0.5) is 21.5 Å². The van der Waals surface area contributed by atoms with Crippen LogP contribution in [0.15, 0.2) is 42.5 Å². The molecule has 28 heavy (non-hydrogen) atoms. The van der Waals surface area contributed by atoms with Gasteiger partial charge in [-0.3, -0.25) is 25.0 Å². The number of nitrogens with zero attached hydrogens (tertiary/aromatic N) is 3. The Hall–Kier alpha value is -3.56. The topological polar surface area (TPSA) is 119 Å². The third kappa shape index (κ3) is 4.05. The molecule has 3 rings (SSSR count). The van der Waals surface area contributed by atoms with Gasteiger partial charge < -0.3 is 10.2 Å². The summed E-state index contributed by atoms with van der Waals surface area (Å²) in [6.07, 6.45) is 1.02. The maximum Gasteiger partial charge on any atom is 0.299 e. The number of amides is 1. The number of halogens is 1. The first-order valence-electron chi connectivity index (χ1n) is 8.60. The first-order valence-corrected chi connectivity index (χ1v) is 8.60. The number of hydrogen-bond acceptors (Lipinski definition) is 6. The molecule has 10 heteroatoms. The first-order chi connectivity index (χ1) is 13.4. The van der Waals surface area contributed by atoms with Gasteiger partial charge in [0, 0.05) is 25.2 Å². The van der Waals surface area contributed by atoms with Crippen molar-refractivity contribution in [2.75, 3.05) is 18.4 Å². The first kappa shape index (κ1) is 19.2. The molecule has 1 amide bonds. The molecule has 0 aromatic heterocycles. The zero-order valence-electron chi connectivity index (χ0n) is 14.7. The van der Waals surface area contributed by atoms with E-state index in [0.29, 0.717) is 25.9 Å². The third-order valence-electron chi connectivity index (χ3n) is 4.63. The Labute approximate surface area is 159 Å². The summed E-state index contributed by atoms with van der Waals surface area (Å²) in [5.41, 5.74) is -0.531. The zero-order valence-corrected chi connectivity index (χ0v) is 14.7. The maximum atomic E-state index is 13.8. The molecule has 0 radical (unpaired) electrons. The van der Waals surface area contributed by atoms with Crippen molar-refractivity contribution in [1.29, 1.82) is 0 Å². The van der Waals surface area contributed by atoms with E-state index >= 15 is 0 Å². The van der Waals surface area contributed by atoms with Crippen molar-refractivity contribution in [3.05, 3.63) is 74.1 Å². The molecule has 0 spiro atoms. The lowest BCUT2D eigenvalue weighted by molar-refractivity contribution is -0.393. The number of benzene rings is 2. The summed E-state index contributed by atoms with van der Waals surface area (Å²) in [7, 11) is 0. The second kappa shape index (κ2) is 7.99. The molecule has 146 valence electrons. The van der Waals surface area contributed by atoms with Crippen LogP contribution in [0.2, 0.25) is 0 Å². The number of carbonyl (C=O) groups excluding carboxylic acids is 1. The molecular weight excluding hydrogens is 371 g/mol. The van der Waals surface area contributed by atoms with E-state index in [1.807, 2.05) is 0 Å². The van der Waals surface area contributed by atoms with E-state index in [0.717, 1.165) is 6.07 Å². The van der Waals surface area contributed by atoms with Gasteiger partial charge in [0.25, 0.3) is 17.3 Å². The zero-order chi connectivity index (χ0) is 20.3. The van der Waals surface area contributed by atoms with E-state index < -0.39 is 21.6 Å². The Kier molecular flexibility index (Phi) is 5.48. The van der Waals surface area contributed by atoms with Crippen LogP contribution >= 0.6 is 0 Å². The van der Waals surface area contributed by atoms with Crippen molar-refractivity contribution in [3.8, 4) is 0 Å². The predicted octanol–water partition coefficient (Wildman–Crippen LogP) is 3.36. The minimum atomic E-state index is -0.691. The molecule has 1 saturated heterocycles. The Morgan fingerprint density at radius 1 is 1.07 bits per heavy atom. The fourth-order valence-electron chi connectivity index (χ4n) is 3.16. The van der Waals surface area contributed by atoms with Gasteiger partial charge in [0.1, 0.15) is 11.5 Å². The van der Waals surface area contributed by atoms with Crippen LogP contribution in [-0.4, -0.2) is 39.8 Å². The standard InChI is InChI=1S/C18H17FN4O5/c19-15-4-2-1-3-14(15)18(24)21-9-7-12(8-10-21)20-16-6-5-13(22(25)26)11-17(16)23(27)28/h1-6,11-12,20H,7-10H2. The number of nitro groups is 2. The van der Waals surface area contributed by atoms with Gasteiger partial charge in [0.15, 0.2) is 0 Å². The number of rotatable bonds is 5. The number of likely N-dealkylation sites (tertiary alicyclic amines) is 1. The molecule has 1 heterocycles. The molecule has 0 unspecified atom stereocenters. The van der Waals surface area contributed by atoms with Crippen molar-refractivity contribution in [3.63, 3.8) is 0 Å². The molecule has 0 bridgehead atoms. The summed E-state index contributed by atoms with van der Waals surface area (Å²) in [4.78, 5) is 34.7. The van der Waals surface area contributed by atoms with Gasteiger partial charge in [0.05, 0.1) is 21.5 Å². The molecule has 2 aromatic rings. The van der Waals surface area contributed by atoms with Crippen molar-refractivity contribution >= 4 is 23.0 Å². The van der Waals surface area contributed by atoms with Gasteiger partial charge in [-0.05, 0) is 31.0 Å². The smallest absolute Gasteiger partial charge is 0.299 e. The summed E-state index contributed by atoms with van der Waals surface area (Å²) in [5, 5.41) is 25.1. The van der Waals surface area contributed by atoms with E-state index in [2.05, 4.69) is 5.32 Å². The molecule has 1 aliphatic heterocycles. The largest absolute Gasteiger partial charge is 0.377 e. The van der Waals surface area contributed by atoms with E-state index in [4.69, 9.17) is 0 Å². The number of non-ortho nitro benzene ring substituents is 1. The fourth-order valence-corrected chi connectivity index (χ4v) is 3.16. The minimum absolute atomic E-state index is 0.0138. The van der Waals surface area contributed by atoms with Crippen LogP contribution < -0.4 is 5.32 Å². The van der Waals surface area contributed by atoms with Crippen LogP contribution in [0, 0.1) is 26.0 Å². The van der Waals surface area contributed by atoms with Gasteiger partial charge in [-0.25, -0.2) is 4.39 Å². The van der Waals surface area contributed by atoms with Gasteiger partial charge in [-0.15, -0.1) is 0 Å². The molecular formula is C18H17FN4O5. The molecule has 0 atom stereocenters. The number of anilines is 1. The highest BCUT2D eigenvalue weighted by molar-refractivity contribution is 5.94. The molecule has 1 N–H and O–H groups in total. The maximum absolute atomic E-state index is 13.8. The second-order valence-electron chi connectivity index (χ2n) is 6.41. The molecule has 2 aromatic carbocycles.